The molecule has 0 heterocycles. The van der Waals surface area contributed by atoms with E-state index in [9.17, 15) is 18.0 Å². The van der Waals surface area contributed by atoms with Crippen LogP contribution in [0.15, 0.2) is 47.4 Å². The summed E-state index contributed by atoms with van der Waals surface area (Å²) < 4.78 is 37.3. The molecule has 30 heavy (non-hydrogen) atoms. The Labute approximate surface area is 176 Å². The van der Waals surface area contributed by atoms with Crippen LogP contribution >= 0.6 is 0 Å². The molecule has 0 bridgehead atoms. The predicted molar refractivity (Wildman–Crippen MR) is 113 cm³/mol. The molecule has 2 N–H and O–H groups in total. The van der Waals surface area contributed by atoms with E-state index in [1.54, 1.807) is 19.1 Å². The highest BCUT2D eigenvalue weighted by Crippen LogP contribution is 2.25. The van der Waals surface area contributed by atoms with Crippen LogP contribution in [-0.2, 0) is 19.6 Å². The van der Waals surface area contributed by atoms with Crippen molar-refractivity contribution in [1.82, 2.24) is 4.72 Å². The first-order valence-corrected chi connectivity index (χ1v) is 10.9. The second-order valence-corrected chi connectivity index (χ2v) is 8.50. The number of esters is 1. The maximum atomic E-state index is 12.3. The Hall–Kier alpha value is -2.91. The van der Waals surface area contributed by atoms with E-state index in [4.69, 9.17) is 9.47 Å². The topological polar surface area (TPSA) is 111 Å². The van der Waals surface area contributed by atoms with Gasteiger partial charge in [0.2, 0.25) is 10.0 Å². The van der Waals surface area contributed by atoms with E-state index < -0.39 is 28.5 Å². The van der Waals surface area contributed by atoms with Crippen LogP contribution in [0.25, 0.3) is 0 Å². The summed E-state index contributed by atoms with van der Waals surface area (Å²) in [5, 5.41) is 2.63. The van der Waals surface area contributed by atoms with Gasteiger partial charge in [-0.2, -0.15) is 0 Å². The van der Waals surface area contributed by atoms with Gasteiger partial charge in [0, 0.05) is 6.04 Å². The third kappa shape index (κ3) is 6.30. The fourth-order valence-corrected chi connectivity index (χ4v) is 3.83. The molecule has 8 nitrogen and oxygen atoms in total. The van der Waals surface area contributed by atoms with Gasteiger partial charge in [-0.3, -0.25) is 4.79 Å². The molecule has 1 amide bonds. The Kier molecular flexibility index (Phi) is 7.96. The number of anilines is 1. The summed E-state index contributed by atoms with van der Waals surface area (Å²) in [5.41, 5.74) is 1.54. The van der Waals surface area contributed by atoms with Gasteiger partial charge in [-0.15, -0.1) is 0 Å². The third-order valence-electron chi connectivity index (χ3n) is 4.33. The van der Waals surface area contributed by atoms with Crippen LogP contribution in [0, 0.1) is 6.92 Å². The van der Waals surface area contributed by atoms with Gasteiger partial charge < -0.3 is 14.8 Å². The molecule has 2 aromatic rings. The van der Waals surface area contributed by atoms with Gasteiger partial charge in [0.05, 0.1) is 23.3 Å². The number of methoxy groups -OCH3 is 1. The molecule has 0 aliphatic rings. The monoisotopic (exact) mass is 434 g/mol. The third-order valence-corrected chi connectivity index (χ3v) is 5.94. The Balaban J connectivity index is 1.97. The molecule has 0 saturated carbocycles. The number of carbonyl (C=O) groups excluding carboxylic acids is 2. The Morgan fingerprint density at radius 2 is 1.77 bits per heavy atom. The molecular formula is C21H26N2O6S. The van der Waals surface area contributed by atoms with E-state index in [0.717, 1.165) is 5.56 Å². The minimum absolute atomic E-state index is 0.0450. The fourth-order valence-electron chi connectivity index (χ4n) is 2.51. The SMILES string of the molecule is CCC(C)NS(=O)(=O)c1ccc(C(=O)OCC(=O)Nc2cc(C)ccc2OC)cc1. The molecule has 1 atom stereocenters. The molecule has 2 aromatic carbocycles. The summed E-state index contributed by atoms with van der Waals surface area (Å²) in [6.07, 6.45) is 0.653. The number of amides is 1. The first-order valence-electron chi connectivity index (χ1n) is 9.40. The first kappa shape index (κ1) is 23.4. The van der Waals surface area contributed by atoms with Crippen molar-refractivity contribution in [3.63, 3.8) is 0 Å². The van der Waals surface area contributed by atoms with Gasteiger partial charge in [-0.05, 0) is 62.2 Å². The van der Waals surface area contributed by atoms with E-state index in [1.807, 2.05) is 19.9 Å². The molecule has 0 fully saturated rings. The smallest absolute Gasteiger partial charge is 0.338 e. The molecule has 0 aromatic heterocycles. The minimum atomic E-state index is -3.66. The van der Waals surface area contributed by atoms with Crippen LogP contribution in [-0.4, -0.2) is 40.1 Å². The average molecular weight is 435 g/mol. The molecule has 2 rings (SSSR count). The van der Waals surface area contributed by atoms with Gasteiger partial charge in [-0.25, -0.2) is 17.9 Å². The summed E-state index contributed by atoms with van der Waals surface area (Å²) in [4.78, 5) is 24.3. The second-order valence-electron chi connectivity index (χ2n) is 6.78. The standard InChI is InChI=1S/C21H26N2O6S/c1-5-15(3)23-30(26,27)17-9-7-16(8-10-17)21(25)29-13-20(24)22-18-12-14(2)6-11-19(18)28-4/h6-12,15,23H,5,13H2,1-4H3,(H,22,24). The quantitative estimate of drug-likeness (QED) is 0.587. The normalized spacial score (nSPS) is 12.1. The molecule has 0 spiro atoms. The summed E-state index contributed by atoms with van der Waals surface area (Å²) in [6, 6.07) is 10.4. The van der Waals surface area contributed by atoms with Crippen molar-refractivity contribution in [3.8, 4) is 5.75 Å². The van der Waals surface area contributed by atoms with Crippen molar-refractivity contribution < 1.29 is 27.5 Å². The number of benzene rings is 2. The Bertz CT molecular complexity index is 1000. The van der Waals surface area contributed by atoms with E-state index in [2.05, 4.69) is 10.0 Å². The number of ether oxygens (including phenoxy) is 2. The first-order chi connectivity index (χ1) is 14.2. The van der Waals surface area contributed by atoms with Crippen molar-refractivity contribution in [2.45, 2.75) is 38.1 Å². The summed E-state index contributed by atoms with van der Waals surface area (Å²) in [5.74, 6) is -0.771. The summed E-state index contributed by atoms with van der Waals surface area (Å²) in [7, 11) is -2.17. The van der Waals surface area contributed by atoms with Crippen LogP contribution in [0.5, 0.6) is 5.75 Å². The lowest BCUT2D eigenvalue weighted by Gasteiger charge is -2.12. The maximum absolute atomic E-state index is 12.3. The lowest BCUT2D eigenvalue weighted by atomic mass is 10.2. The molecule has 0 saturated heterocycles. The zero-order valence-electron chi connectivity index (χ0n) is 17.4. The highest BCUT2D eigenvalue weighted by atomic mass is 32.2. The molecule has 9 heteroatoms. The molecule has 0 radical (unpaired) electrons. The zero-order chi connectivity index (χ0) is 22.3. The fraction of sp³-hybridized carbons (Fsp3) is 0.333. The van der Waals surface area contributed by atoms with Crippen LogP contribution in [0.1, 0.15) is 36.2 Å². The van der Waals surface area contributed by atoms with Crippen LogP contribution in [0.2, 0.25) is 0 Å². The summed E-state index contributed by atoms with van der Waals surface area (Å²) in [6.45, 7) is 5.01. The maximum Gasteiger partial charge on any atom is 0.338 e. The number of nitrogens with one attached hydrogen (secondary N) is 2. The minimum Gasteiger partial charge on any atom is -0.495 e. The number of aryl methyl sites for hydroxylation is 1. The largest absolute Gasteiger partial charge is 0.495 e. The van der Waals surface area contributed by atoms with Crippen LogP contribution < -0.4 is 14.8 Å². The zero-order valence-corrected chi connectivity index (χ0v) is 18.2. The van der Waals surface area contributed by atoms with E-state index >= 15 is 0 Å². The predicted octanol–water partition coefficient (Wildman–Crippen LogP) is 2.88. The molecule has 162 valence electrons. The highest BCUT2D eigenvalue weighted by molar-refractivity contribution is 7.89. The molecule has 0 aliphatic heterocycles. The van der Waals surface area contributed by atoms with Gasteiger partial charge in [0.15, 0.2) is 6.61 Å². The molecular weight excluding hydrogens is 408 g/mol. The number of carbonyl (C=O) groups is 2. The van der Waals surface area contributed by atoms with E-state index in [0.29, 0.717) is 17.9 Å². The lowest BCUT2D eigenvalue weighted by molar-refractivity contribution is -0.119. The van der Waals surface area contributed by atoms with E-state index in [1.165, 1.54) is 31.4 Å². The number of hydrogen-bond donors (Lipinski definition) is 2. The van der Waals surface area contributed by atoms with Crippen LogP contribution in [0.3, 0.4) is 0 Å². The lowest BCUT2D eigenvalue weighted by Crippen LogP contribution is -2.32. The van der Waals surface area contributed by atoms with Crippen LogP contribution in [0.4, 0.5) is 5.69 Å². The van der Waals surface area contributed by atoms with Gasteiger partial charge in [0.1, 0.15) is 5.75 Å². The van der Waals surface area contributed by atoms with Crippen molar-refractivity contribution in [2.24, 2.45) is 0 Å². The second kappa shape index (κ2) is 10.2. The van der Waals surface area contributed by atoms with Gasteiger partial charge in [-0.1, -0.05) is 13.0 Å². The van der Waals surface area contributed by atoms with Gasteiger partial charge >= 0.3 is 5.97 Å². The van der Waals surface area contributed by atoms with Crippen molar-refractivity contribution in [1.29, 1.82) is 0 Å². The van der Waals surface area contributed by atoms with Crippen molar-refractivity contribution >= 4 is 27.6 Å². The number of hydrogen-bond acceptors (Lipinski definition) is 6. The Morgan fingerprint density at radius 1 is 1.10 bits per heavy atom. The van der Waals surface area contributed by atoms with E-state index in [-0.39, 0.29) is 16.5 Å². The molecule has 0 aliphatic carbocycles. The number of rotatable bonds is 9. The summed E-state index contributed by atoms with van der Waals surface area (Å²) >= 11 is 0. The molecule has 1 unspecified atom stereocenters. The number of sulfonamides is 1. The van der Waals surface area contributed by atoms with Crippen molar-refractivity contribution in [3.05, 3.63) is 53.6 Å². The highest BCUT2D eigenvalue weighted by Gasteiger charge is 2.18. The van der Waals surface area contributed by atoms with Crippen molar-refractivity contribution in [2.75, 3.05) is 19.0 Å². The average Bonchev–Trinajstić information content (AvgIpc) is 2.72. The Morgan fingerprint density at radius 3 is 2.37 bits per heavy atom. The van der Waals surface area contributed by atoms with Gasteiger partial charge in [0.25, 0.3) is 5.91 Å².